The van der Waals surface area contributed by atoms with Gasteiger partial charge in [0.15, 0.2) is 6.10 Å². The Bertz CT molecular complexity index is 571. The first kappa shape index (κ1) is 16.1. The Hall–Kier alpha value is -2.24. The fraction of sp³-hybridized carbons (Fsp3) is 0.500. The standard InChI is InChI=1S/C16H22N2O4/c1-4-12-16(20)18(8-14(19)21-9-10(2)3)15-11(17)6-5-7-13(15)22-12/h5-7,10,12H,4,8-9,17H2,1-3H3. The normalized spacial score (nSPS) is 17.2. The lowest BCUT2D eigenvalue weighted by Gasteiger charge is -2.34. The smallest absolute Gasteiger partial charge is 0.326 e. The van der Waals surface area contributed by atoms with Gasteiger partial charge in [-0.15, -0.1) is 0 Å². The number of hydrogen-bond acceptors (Lipinski definition) is 5. The summed E-state index contributed by atoms with van der Waals surface area (Å²) in [5.74, 6) is 0.0376. The quantitative estimate of drug-likeness (QED) is 0.664. The molecule has 0 saturated heterocycles. The second-order valence-corrected chi connectivity index (χ2v) is 5.71. The lowest BCUT2D eigenvalue weighted by molar-refractivity contribution is -0.144. The summed E-state index contributed by atoms with van der Waals surface area (Å²) in [4.78, 5) is 25.8. The van der Waals surface area contributed by atoms with E-state index in [0.29, 0.717) is 30.2 Å². The minimum Gasteiger partial charge on any atom is -0.478 e. The van der Waals surface area contributed by atoms with Crippen molar-refractivity contribution in [1.29, 1.82) is 0 Å². The van der Waals surface area contributed by atoms with Gasteiger partial charge >= 0.3 is 5.97 Å². The van der Waals surface area contributed by atoms with Crippen LogP contribution in [0.3, 0.4) is 0 Å². The zero-order valence-corrected chi connectivity index (χ0v) is 13.2. The number of ether oxygens (including phenoxy) is 2. The van der Waals surface area contributed by atoms with Crippen molar-refractivity contribution in [3.63, 3.8) is 0 Å². The molecule has 1 aliphatic rings. The summed E-state index contributed by atoms with van der Waals surface area (Å²) in [5, 5.41) is 0. The molecule has 1 aliphatic heterocycles. The van der Waals surface area contributed by atoms with Crippen molar-refractivity contribution < 1.29 is 19.1 Å². The summed E-state index contributed by atoms with van der Waals surface area (Å²) in [6, 6.07) is 5.17. The molecule has 1 aromatic rings. The van der Waals surface area contributed by atoms with Gasteiger partial charge in [-0.3, -0.25) is 14.5 Å². The molecule has 1 unspecified atom stereocenters. The Morgan fingerprint density at radius 1 is 1.45 bits per heavy atom. The van der Waals surface area contributed by atoms with Gasteiger partial charge in [-0.1, -0.05) is 26.8 Å². The molecule has 0 aromatic heterocycles. The molecular formula is C16H22N2O4. The number of esters is 1. The largest absolute Gasteiger partial charge is 0.478 e. The number of nitrogens with two attached hydrogens (primary N) is 1. The van der Waals surface area contributed by atoms with Gasteiger partial charge < -0.3 is 15.2 Å². The highest BCUT2D eigenvalue weighted by Gasteiger charge is 2.35. The van der Waals surface area contributed by atoms with Gasteiger partial charge in [-0.2, -0.15) is 0 Å². The number of carbonyl (C=O) groups excluding carboxylic acids is 2. The maximum Gasteiger partial charge on any atom is 0.326 e. The Morgan fingerprint density at radius 3 is 2.82 bits per heavy atom. The van der Waals surface area contributed by atoms with E-state index in [1.54, 1.807) is 18.2 Å². The van der Waals surface area contributed by atoms with Crippen LogP contribution in [-0.4, -0.2) is 31.1 Å². The maximum absolute atomic E-state index is 12.5. The summed E-state index contributed by atoms with van der Waals surface area (Å²) in [6.07, 6.45) is -0.0860. The number of carbonyl (C=O) groups is 2. The third-order valence-corrected chi connectivity index (χ3v) is 3.35. The molecule has 0 bridgehead atoms. The molecular weight excluding hydrogens is 284 g/mol. The summed E-state index contributed by atoms with van der Waals surface area (Å²) in [6.45, 7) is 5.93. The molecule has 1 heterocycles. The van der Waals surface area contributed by atoms with Crippen molar-refractivity contribution in [2.75, 3.05) is 23.8 Å². The van der Waals surface area contributed by atoms with Crippen LogP contribution in [0.4, 0.5) is 11.4 Å². The average Bonchev–Trinajstić information content (AvgIpc) is 2.47. The van der Waals surface area contributed by atoms with Crippen LogP contribution in [0.15, 0.2) is 18.2 Å². The number of nitrogen functional groups attached to an aromatic ring is 1. The minimum atomic E-state index is -0.604. The zero-order chi connectivity index (χ0) is 16.3. The first-order chi connectivity index (χ1) is 10.4. The number of fused-ring (bicyclic) bond motifs is 1. The number of rotatable bonds is 5. The van der Waals surface area contributed by atoms with Crippen LogP contribution in [0.25, 0.3) is 0 Å². The number of para-hydroxylation sites is 1. The molecule has 0 saturated carbocycles. The molecule has 2 N–H and O–H groups in total. The molecule has 120 valence electrons. The third kappa shape index (κ3) is 3.32. The van der Waals surface area contributed by atoms with Crippen LogP contribution in [0.2, 0.25) is 0 Å². The Kier molecular flexibility index (Phi) is 4.90. The molecule has 1 amide bonds. The highest BCUT2D eigenvalue weighted by Crippen LogP contribution is 2.39. The van der Waals surface area contributed by atoms with Crippen molar-refractivity contribution in [1.82, 2.24) is 0 Å². The molecule has 1 atom stereocenters. The van der Waals surface area contributed by atoms with Crippen LogP contribution in [0, 0.1) is 5.92 Å². The number of benzene rings is 1. The second kappa shape index (κ2) is 6.68. The van der Waals surface area contributed by atoms with Gasteiger partial charge in [0, 0.05) is 0 Å². The van der Waals surface area contributed by atoms with Gasteiger partial charge in [0.25, 0.3) is 5.91 Å². The third-order valence-electron chi connectivity index (χ3n) is 3.35. The highest BCUT2D eigenvalue weighted by molar-refractivity contribution is 6.05. The molecule has 6 heteroatoms. The number of anilines is 2. The Morgan fingerprint density at radius 2 is 2.18 bits per heavy atom. The number of hydrogen-bond donors (Lipinski definition) is 1. The summed E-state index contributed by atoms with van der Waals surface area (Å²) < 4.78 is 10.8. The van der Waals surface area contributed by atoms with E-state index in [1.165, 1.54) is 4.90 Å². The SMILES string of the molecule is CCC1Oc2cccc(N)c2N(CC(=O)OCC(C)C)C1=O. The molecule has 0 radical (unpaired) electrons. The molecule has 0 fully saturated rings. The van der Waals surface area contributed by atoms with E-state index in [0.717, 1.165) is 0 Å². The highest BCUT2D eigenvalue weighted by atomic mass is 16.5. The number of nitrogens with zero attached hydrogens (tertiary/aromatic N) is 1. The summed E-state index contributed by atoms with van der Waals surface area (Å²) in [7, 11) is 0. The maximum atomic E-state index is 12.5. The van der Waals surface area contributed by atoms with Crippen molar-refractivity contribution in [3.05, 3.63) is 18.2 Å². The van der Waals surface area contributed by atoms with Crippen molar-refractivity contribution in [2.45, 2.75) is 33.3 Å². The van der Waals surface area contributed by atoms with Crippen molar-refractivity contribution >= 4 is 23.3 Å². The van der Waals surface area contributed by atoms with Crippen LogP contribution >= 0.6 is 0 Å². The minimum absolute atomic E-state index is 0.160. The van der Waals surface area contributed by atoms with Crippen LogP contribution in [0.5, 0.6) is 5.75 Å². The van der Waals surface area contributed by atoms with Crippen molar-refractivity contribution in [2.24, 2.45) is 5.92 Å². The molecule has 0 spiro atoms. The van der Waals surface area contributed by atoms with E-state index in [1.807, 2.05) is 20.8 Å². The second-order valence-electron chi connectivity index (χ2n) is 5.71. The van der Waals surface area contributed by atoms with E-state index in [2.05, 4.69) is 0 Å². The van der Waals surface area contributed by atoms with Crippen LogP contribution < -0.4 is 15.4 Å². The predicted molar refractivity (Wildman–Crippen MR) is 83.7 cm³/mol. The zero-order valence-electron chi connectivity index (χ0n) is 13.2. The first-order valence-electron chi connectivity index (χ1n) is 7.46. The van der Waals surface area contributed by atoms with Gasteiger partial charge in [-0.05, 0) is 24.5 Å². The average molecular weight is 306 g/mol. The lowest BCUT2D eigenvalue weighted by atomic mass is 10.1. The molecule has 1 aromatic carbocycles. The first-order valence-corrected chi connectivity index (χ1v) is 7.46. The molecule has 0 aliphatic carbocycles. The summed E-state index contributed by atoms with van der Waals surface area (Å²) in [5.41, 5.74) is 6.80. The van der Waals surface area contributed by atoms with Gasteiger partial charge in [-0.25, -0.2) is 0 Å². The lowest BCUT2D eigenvalue weighted by Crippen LogP contribution is -2.48. The fourth-order valence-electron chi connectivity index (χ4n) is 2.26. The van der Waals surface area contributed by atoms with E-state index >= 15 is 0 Å². The topological polar surface area (TPSA) is 81.9 Å². The van der Waals surface area contributed by atoms with E-state index in [-0.39, 0.29) is 18.4 Å². The van der Waals surface area contributed by atoms with E-state index in [4.69, 9.17) is 15.2 Å². The molecule has 2 rings (SSSR count). The van der Waals surface area contributed by atoms with Gasteiger partial charge in [0.2, 0.25) is 0 Å². The Balaban J connectivity index is 2.24. The van der Waals surface area contributed by atoms with Crippen molar-refractivity contribution in [3.8, 4) is 5.75 Å². The van der Waals surface area contributed by atoms with Crippen LogP contribution in [-0.2, 0) is 14.3 Å². The molecule has 6 nitrogen and oxygen atoms in total. The summed E-state index contributed by atoms with van der Waals surface area (Å²) >= 11 is 0. The fourth-order valence-corrected chi connectivity index (χ4v) is 2.26. The predicted octanol–water partition coefficient (Wildman–Crippen LogP) is 1.97. The molecule has 22 heavy (non-hydrogen) atoms. The van der Waals surface area contributed by atoms with E-state index < -0.39 is 12.1 Å². The van der Waals surface area contributed by atoms with Gasteiger partial charge in [0.05, 0.1) is 12.3 Å². The number of amides is 1. The van der Waals surface area contributed by atoms with Gasteiger partial charge in [0.1, 0.15) is 18.0 Å². The Labute approximate surface area is 130 Å². The van der Waals surface area contributed by atoms with E-state index in [9.17, 15) is 9.59 Å². The van der Waals surface area contributed by atoms with Crippen LogP contribution in [0.1, 0.15) is 27.2 Å². The monoisotopic (exact) mass is 306 g/mol.